The maximum absolute atomic E-state index is 11.6. The molecule has 2 rings (SSSR count). The van der Waals surface area contributed by atoms with Crippen molar-refractivity contribution in [2.45, 2.75) is 52.7 Å². The van der Waals surface area contributed by atoms with Crippen LogP contribution in [0.3, 0.4) is 0 Å². The van der Waals surface area contributed by atoms with Crippen molar-refractivity contribution in [1.82, 2.24) is 0 Å². The van der Waals surface area contributed by atoms with Crippen molar-refractivity contribution in [3.05, 3.63) is 24.3 Å². The van der Waals surface area contributed by atoms with Crippen LogP contribution in [0.4, 0.5) is 10.5 Å². The Morgan fingerprint density at radius 3 is 2.13 bits per heavy atom. The summed E-state index contributed by atoms with van der Waals surface area (Å²) in [6.45, 7) is 12.5. The van der Waals surface area contributed by atoms with Crippen molar-refractivity contribution < 1.29 is 18.8 Å². The molecule has 0 aliphatic carbocycles. The van der Waals surface area contributed by atoms with E-state index in [2.05, 4.69) is 5.32 Å². The van der Waals surface area contributed by atoms with Crippen molar-refractivity contribution in [2.24, 2.45) is 5.92 Å². The molecule has 1 aliphatic rings. The highest BCUT2D eigenvalue weighted by Crippen LogP contribution is 2.36. The second kappa shape index (κ2) is 6.53. The van der Waals surface area contributed by atoms with Gasteiger partial charge in [-0.05, 0) is 51.2 Å². The largest absolute Gasteiger partial charge is 0.494 e. The lowest BCUT2D eigenvalue weighted by Gasteiger charge is -2.32. The van der Waals surface area contributed by atoms with E-state index in [1.165, 1.54) is 0 Å². The minimum absolute atomic E-state index is 0.312. The van der Waals surface area contributed by atoms with E-state index < -0.39 is 13.2 Å². The quantitative estimate of drug-likeness (QED) is 0.866. The van der Waals surface area contributed by atoms with Crippen molar-refractivity contribution >= 4 is 24.4 Å². The molecule has 126 valence electrons. The minimum atomic E-state index is -0.443. The van der Waals surface area contributed by atoms with Gasteiger partial charge in [0.15, 0.2) is 0 Å². The fourth-order valence-corrected chi connectivity index (χ4v) is 2.10. The lowest BCUT2D eigenvalue weighted by molar-refractivity contribution is 0.00578. The summed E-state index contributed by atoms with van der Waals surface area (Å²) in [7, 11) is -0.401. The zero-order valence-corrected chi connectivity index (χ0v) is 14.8. The zero-order chi connectivity index (χ0) is 17.3. The van der Waals surface area contributed by atoms with Gasteiger partial charge in [-0.25, -0.2) is 4.79 Å². The predicted octanol–water partition coefficient (Wildman–Crippen LogP) is 3.19. The Labute approximate surface area is 138 Å². The summed E-state index contributed by atoms with van der Waals surface area (Å²) in [5.41, 5.74) is 0.869. The van der Waals surface area contributed by atoms with Gasteiger partial charge in [-0.3, -0.25) is 5.32 Å². The Kier molecular flexibility index (Phi) is 5.06. The molecule has 5 nitrogen and oxygen atoms in total. The van der Waals surface area contributed by atoms with Gasteiger partial charge >= 0.3 is 13.2 Å². The number of hydrogen-bond donors (Lipinski definition) is 1. The van der Waals surface area contributed by atoms with Crippen LogP contribution in [0.1, 0.15) is 41.5 Å². The van der Waals surface area contributed by atoms with E-state index in [1.54, 1.807) is 0 Å². The van der Waals surface area contributed by atoms with Crippen molar-refractivity contribution in [1.29, 1.82) is 0 Å². The van der Waals surface area contributed by atoms with E-state index in [0.29, 0.717) is 18.2 Å². The fourth-order valence-electron chi connectivity index (χ4n) is 2.10. The van der Waals surface area contributed by atoms with Crippen LogP contribution in [0.25, 0.3) is 0 Å². The maximum atomic E-state index is 11.6. The Morgan fingerprint density at radius 2 is 1.65 bits per heavy atom. The fraction of sp³-hybridized carbons (Fsp3) is 0.588. The summed E-state index contributed by atoms with van der Waals surface area (Å²) in [6.07, 6.45) is -0.443. The summed E-state index contributed by atoms with van der Waals surface area (Å²) in [5.74, 6) is 0.312. The first-order chi connectivity index (χ1) is 10.6. The van der Waals surface area contributed by atoms with Crippen molar-refractivity contribution in [3.63, 3.8) is 0 Å². The summed E-state index contributed by atoms with van der Waals surface area (Å²) >= 11 is 0. The first kappa shape index (κ1) is 17.8. The molecule has 1 N–H and O–H groups in total. The predicted molar refractivity (Wildman–Crippen MR) is 92.0 cm³/mol. The van der Waals surface area contributed by atoms with Gasteiger partial charge in [0, 0.05) is 5.69 Å². The van der Waals surface area contributed by atoms with Crippen LogP contribution in [-0.2, 0) is 14.0 Å². The van der Waals surface area contributed by atoms with Crippen molar-refractivity contribution in [2.75, 3.05) is 11.9 Å². The van der Waals surface area contributed by atoms with E-state index in [9.17, 15) is 4.79 Å². The second-order valence-corrected chi connectivity index (χ2v) is 7.33. The summed E-state index contributed by atoms with van der Waals surface area (Å²) in [6, 6.07) is 7.41. The van der Waals surface area contributed by atoms with E-state index in [4.69, 9.17) is 14.0 Å². The van der Waals surface area contributed by atoms with Gasteiger partial charge in [0.1, 0.15) is 0 Å². The number of hydrogen-bond acceptors (Lipinski definition) is 4. The van der Waals surface area contributed by atoms with Crippen LogP contribution in [0.2, 0.25) is 0 Å². The molecule has 0 spiro atoms. The van der Waals surface area contributed by atoms with E-state index in [-0.39, 0.29) is 11.2 Å². The average Bonchev–Trinajstić information content (AvgIpc) is 2.66. The lowest BCUT2D eigenvalue weighted by Crippen LogP contribution is -2.41. The normalized spacial score (nSPS) is 19.0. The number of nitrogens with one attached hydrogen (secondary N) is 1. The number of ether oxygens (including phenoxy) is 1. The molecular formula is C17H26BNO4. The van der Waals surface area contributed by atoms with Crippen LogP contribution >= 0.6 is 0 Å². The summed E-state index contributed by atoms with van der Waals surface area (Å²) < 4.78 is 17.1. The van der Waals surface area contributed by atoms with Crippen LogP contribution in [0.5, 0.6) is 0 Å². The summed E-state index contributed by atoms with van der Waals surface area (Å²) in [4.78, 5) is 11.6. The molecule has 1 aromatic carbocycles. The first-order valence-electron chi connectivity index (χ1n) is 8.00. The Bertz CT molecular complexity index is 538. The first-order valence-corrected chi connectivity index (χ1v) is 8.00. The molecule has 0 unspecified atom stereocenters. The van der Waals surface area contributed by atoms with Crippen LogP contribution in [-0.4, -0.2) is 31.0 Å². The van der Waals surface area contributed by atoms with E-state index >= 15 is 0 Å². The maximum Gasteiger partial charge on any atom is 0.494 e. The zero-order valence-electron chi connectivity index (χ0n) is 14.8. The smallest absolute Gasteiger partial charge is 0.449 e. The average molecular weight is 319 g/mol. The third-order valence-electron chi connectivity index (χ3n) is 4.23. The number of anilines is 1. The topological polar surface area (TPSA) is 56.8 Å². The number of amides is 1. The Balaban J connectivity index is 1.97. The van der Waals surface area contributed by atoms with Crippen molar-refractivity contribution in [3.8, 4) is 0 Å². The highest BCUT2D eigenvalue weighted by molar-refractivity contribution is 6.62. The molecular weight excluding hydrogens is 293 g/mol. The van der Waals surface area contributed by atoms with Gasteiger partial charge in [0.05, 0.1) is 17.8 Å². The summed E-state index contributed by atoms with van der Waals surface area (Å²) in [5, 5.41) is 2.70. The van der Waals surface area contributed by atoms with E-state index in [0.717, 1.165) is 5.46 Å². The molecule has 1 amide bonds. The molecule has 0 aromatic heterocycles. The number of carbonyl (C=O) groups is 1. The van der Waals surface area contributed by atoms with Crippen LogP contribution in [0, 0.1) is 5.92 Å². The molecule has 0 radical (unpaired) electrons. The minimum Gasteiger partial charge on any atom is -0.449 e. The molecule has 6 heteroatoms. The highest BCUT2D eigenvalue weighted by atomic mass is 16.7. The molecule has 0 saturated carbocycles. The Hall–Kier alpha value is -1.53. The van der Waals surface area contributed by atoms with Gasteiger partial charge in [-0.1, -0.05) is 26.0 Å². The molecule has 1 aliphatic heterocycles. The molecule has 23 heavy (non-hydrogen) atoms. The van der Waals surface area contributed by atoms with Gasteiger partial charge in [-0.2, -0.15) is 0 Å². The molecule has 0 bridgehead atoms. The highest BCUT2D eigenvalue weighted by Gasteiger charge is 2.51. The standard InChI is InChI=1S/C17H26BNO4/c1-12(2)11-21-15(20)19-14-9-7-13(8-10-14)18-22-16(3,4)17(5,6)23-18/h7-10,12H,11H2,1-6H3,(H,19,20). The molecule has 1 fully saturated rings. The molecule has 1 heterocycles. The SMILES string of the molecule is CC(C)COC(=O)Nc1ccc(B2OC(C)(C)C(C)(C)O2)cc1. The lowest BCUT2D eigenvalue weighted by atomic mass is 9.79. The second-order valence-electron chi connectivity index (χ2n) is 7.33. The molecule has 0 atom stereocenters. The van der Waals surface area contributed by atoms with Gasteiger partial charge in [0.2, 0.25) is 0 Å². The molecule has 1 saturated heterocycles. The third kappa shape index (κ3) is 4.27. The van der Waals surface area contributed by atoms with Crippen LogP contribution < -0.4 is 10.8 Å². The molecule has 1 aromatic rings. The van der Waals surface area contributed by atoms with E-state index in [1.807, 2.05) is 65.8 Å². The number of rotatable bonds is 4. The van der Waals surface area contributed by atoms with Gasteiger partial charge in [-0.15, -0.1) is 0 Å². The van der Waals surface area contributed by atoms with Crippen LogP contribution in [0.15, 0.2) is 24.3 Å². The third-order valence-corrected chi connectivity index (χ3v) is 4.23. The van der Waals surface area contributed by atoms with Gasteiger partial charge in [0.25, 0.3) is 0 Å². The number of benzene rings is 1. The van der Waals surface area contributed by atoms with Gasteiger partial charge < -0.3 is 14.0 Å². The monoisotopic (exact) mass is 319 g/mol. The Morgan fingerprint density at radius 1 is 1.13 bits per heavy atom. The number of carbonyl (C=O) groups excluding carboxylic acids is 1.